The minimum Gasteiger partial charge on any atom is -0.434 e. The van der Waals surface area contributed by atoms with E-state index in [-0.39, 0.29) is 11.3 Å². The first-order valence-corrected chi connectivity index (χ1v) is 5.96. The van der Waals surface area contributed by atoms with Crippen molar-refractivity contribution in [3.05, 3.63) is 23.8 Å². The first kappa shape index (κ1) is 14.7. The summed E-state index contributed by atoms with van der Waals surface area (Å²) in [4.78, 5) is 11.3. The van der Waals surface area contributed by atoms with Crippen LogP contribution in [0.1, 0.15) is 24.2 Å². The number of carbonyl (C=O) groups excluding carboxylic acids is 1. The molecule has 0 aliphatic carbocycles. The van der Waals surface area contributed by atoms with E-state index in [1.165, 1.54) is 18.2 Å². The topological polar surface area (TPSA) is 70.8 Å². The van der Waals surface area contributed by atoms with Gasteiger partial charge < -0.3 is 19.8 Å². The molecule has 1 aromatic carbocycles. The molecule has 0 atom stereocenters. The second-order valence-electron chi connectivity index (χ2n) is 5.02. The van der Waals surface area contributed by atoms with Crippen LogP contribution in [0.2, 0.25) is 0 Å². The molecule has 5 nitrogen and oxygen atoms in total. The highest BCUT2D eigenvalue weighted by molar-refractivity contribution is 6.62. The smallest absolute Gasteiger partial charge is 0.434 e. The molecule has 2 N–H and O–H groups in total. The Morgan fingerprint density at radius 3 is 2.70 bits per heavy atom. The number of benzene rings is 1. The standard InChI is InChI=1S/C12H14BF2NO4/c1-12(2)6-18-13(20-12)7-3-4-9(19-11(14)15)8(5-7)10(16)17/h3-5,11H,6H2,1-2H3,(H2,16,17). The molecule has 1 aromatic rings. The van der Waals surface area contributed by atoms with Crippen LogP contribution in [0.25, 0.3) is 0 Å². The lowest BCUT2D eigenvalue weighted by Gasteiger charge is -2.16. The molecule has 20 heavy (non-hydrogen) atoms. The van der Waals surface area contributed by atoms with E-state index in [2.05, 4.69) is 4.74 Å². The van der Waals surface area contributed by atoms with Gasteiger partial charge in [0.25, 0.3) is 5.91 Å². The number of carbonyl (C=O) groups is 1. The van der Waals surface area contributed by atoms with Crippen LogP contribution in [-0.4, -0.2) is 31.8 Å². The Hall–Kier alpha value is -1.67. The number of primary amides is 1. The Morgan fingerprint density at radius 1 is 1.50 bits per heavy atom. The first-order chi connectivity index (χ1) is 9.28. The predicted molar refractivity (Wildman–Crippen MR) is 68.1 cm³/mol. The van der Waals surface area contributed by atoms with Gasteiger partial charge in [0, 0.05) is 0 Å². The summed E-state index contributed by atoms with van der Waals surface area (Å²) < 4.78 is 39.8. The summed E-state index contributed by atoms with van der Waals surface area (Å²) in [6.45, 7) is 1.07. The van der Waals surface area contributed by atoms with Crippen LogP contribution in [-0.2, 0) is 9.31 Å². The number of halogens is 2. The van der Waals surface area contributed by atoms with Crippen LogP contribution in [0.3, 0.4) is 0 Å². The molecule has 0 spiro atoms. The molecule has 1 fully saturated rings. The van der Waals surface area contributed by atoms with Gasteiger partial charge >= 0.3 is 13.7 Å². The van der Waals surface area contributed by atoms with Crippen LogP contribution in [0.15, 0.2) is 18.2 Å². The summed E-state index contributed by atoms with van der Waals surface area (Å²) in [6.07, 6.45) is 0. The normalized spacial score (nSPS) is 17.6. The van der Waals surface area contributed by atoms with Crippen molar-refractivity contribution in [1.29, 1.82) is 0 Å². The van der Waals surface area contributed by atoms with Crippen molar-refractivity contribution in [2.24, 2.45) is 5.73 Å². The Morgan fingerprint density at radius 2 is 2.20 bits per heavy atom. The molecule has 0 saturated carbocycles. The van der Waals surface area contributed by atoms with Gasteiger partial charge in [-0.2, -0.15) is 8.78 Å². The Kier molecular flexibility index (Phi) is 3.96. The Balaban J connectivity index is 2.29. The number of hydrogen-bond acceptors (Lipinski definition) is 4. The molecule has 1 amide bonds. The van der Waals surface area contributed by atoms with Crippen molar-refractivity contribution in [3.63, 3.8) is 0 Å². The van der Waals surface area contributed by atoms with Crippen LogP contribution in [0.5, 0.6) is 5.75 Å². The zero-order chi connectivity index (χ0) is 14.9. The summed E-state index contributed by atoms with van der Waals surface area (Å²) in [5, 5.41) is 0. The molecular formula is C12H14BF2NO4. The van der Waals surface area contributed by atoms with Gasteiger partial charge in [0.05, 0.1) is 17.8 Å². The summed E-state index contributed by atoms with van der Waals surface area (Å²) >= 11 is 0. The molecule has 8 heteroatoms. The fourth-order valence-corrected chi connectivity index (χ4v) is 1.88. The van der Waals surface area contributed by atoms with Crippen LogP contribution in [0.4, 0.5) is 8.78 Å². The van der Waals surface area contributed by atoms with Crippen LogP contribution in [0, 0.1) is 0 Å². The summed E-state index contributed by atoms with van der Waals surface area (Å²) in [5.74, 6) is -1.13. The zero-order valence-electron chi connectivity index (χ0n) is 11.1. The molecule has 108 valence electrons. The second kappa shape index (κ2) is 5.38. The van der Waals surface area contributed by atoms with Gasteiger partial charge in [-0.15, -0.1) is 0 Å². The number of rotatable bonds is 4. The predicted octanol–water partition coefficient (Wildman–Crippen LogP) is 0.907. The van der Waals surface area contributed by atoms with E-state index in [0.717, 1.165) is 0 Å². The van der Waals surface area contributed by atoms with Gasteiger partial charge in [-0.25, -0.2) is 0 Å². The molecule has 1 aliphatic heterocycles. The Labute approximate surface area is 115 Å². The van der Waals surface area contributed by atoms with E-state index >= 15 is 0 Å². The van der Waals surface area contributed by atoms with E-state index in [1.54, 1.807) is 0 Å². The summed E-state index contributed by atoms with van der Waals surface area (Å²) in [6, 6.07) is 4.09. The minimum atomic E-state index is -3.03. The zero-order valence-corrected chi connectivity index (χ0v) is 11.1. The molecule has 0 unspecified atom stereocenters. The number of ether oxygens (including phenoxy) is 1. The number of alkyl halides is 2. The van der Waals surface area contributed by atoms with Crippen molar-refractivity contribution < 1.29 is 27.6 Å². The highest BCUT2D eigenvalue weighted by Gasteiger charge is 2.38. The SMILES string of the molecule is CC1(C)COB(c2ccc(OC(F)F)c(C(N)=O)c2)O1. The Bertz CT molecular complexity index is 524. The molecule has 1 heterocycles. The molecule has 2 rings (SSSR count). The maximum Gasteiger partial charge on any atom is 0.494 e. The highest BCUT2D eigenvalue weighted by atomic mass is 19.3. The third-order valence-electron chi connectivity index (χ3n) is 2.77. The molecule has 0 radical (unpaired) electrons. The number of nitrogens with two attached hydrogens (primary N) is 1. The van der Waals surface area contributed by atoms with Crippen molar-refractivity contribution in [2.75, 3.05) is 6.61 Å². The minimum absolute atomic E-state index is 0.139. The summed E-state index contributed by atoms with van der Waals surface area (Å²) in [7, 11) is -0.663. The van der Waals surface area contributed by atoms with E-state index < -0.39 is 25.2 Å². The molecule has 1 saturated heterocycles. The van der Waals surface area contributed by atoms with Gasteiger partial charge in [0.15, 0.2) is 0 Å². The van der Waals surface area contributed by atoms with Crippen molar-refractivity contribution in [2.45, 2.75) is 26.1 Å². The van der Waals surface area contributed by atoms with Crippen molar-refractivity contribution in [3.8, 4) is 5.75 Å². The van der Waals surface area contributed by atoms with E-state index in [9.17, 15) is 13.6 Å². The lowest BCUT2D eigenvalue weighted by molar-refractivity contribution is -0.0501. The van der Waals surface area contributed by atoms with E-state index in [4.69, 9.17) is 15.0 Å². The number of amides is 1. The van der Waals surface area contributed by atoms with E-state index in [1.807, 2.05) is 13.8 Å². The molecular weight excluding hydrogens is 271 g/mol. The molecule has 1 aliphatic rings. The average molecular weight is 285 g/mol. The summed E-state index contributed by atoms with van der Waals surface area (Å²) in [5.41, 5.74) is 5.10. The number of hydrogen-bond donors (Lipinski definition) is 1. The fourth-order valence-electron chi connectivity index (χ4n) is 1.88. The van der Waals surface area contributed by atoms with Crippen LogP contribution >= 0.6 is 0 Å². The van der Waals surface area contributed by atoms with Crippen molar-refractivity contribution in [1.82, 2.24) is 0 Å². The first-order valence-electron chi connectivity index (χ1n) is 5.96. The van der Waals surface area contributed by atoms with Crippen LogP contribution < -0.4 is 15.9 Å². The highest BCUT2D eigenvalue weighted by Crippen LogP contribution is 2.23. The second-order valence-corrected chi connectivity index (χ2v) is 5.02. The van der Waals surface area contributed by atoms with Gasteiger partial charge in [0.1, 0.15) is 5.75 Å². The maximum absolute atomic E-state index is 12.2. The fraction of sp³-hybridized carbons (Fsp3) is 0.417. The van der Waals surface area contributed by atoms with Gasteiger partial charge in [-0.3, -0.25) is 4.79 Å². The lowest BCUT2D eigenvalue weighted by atomic mass is 9.78. The van der Waals surface area contributed by atoms with Gasteiger partial charge in [0.2, 0.25) is 0 Å². The molecule has 0 aromatic heterocycles. The maximum atomic E-state index is 12.2. The monoisotopic (exact) mass is 285 g/mol. The quantitative estimate of drug-likeness (QED) is 0.835. The van der Waals surface area contributed by atoms with Gasteiger partial charge in [-0.1, -0.05) is 6.07 Å². The van der Waals surface area contributed by atoms with Crippen molar-refractivity contribution >= 4 is 18.5 Å². The lowest BCUT2D eigenvalue weighted by Crippen LogP contribution is -2.35. The van der Waals surface area contributed by atoms with Gasteiger partial charge in [-0.05, 0) is 31.4 Å². The molecule has 0 bridgehead atoms. The van der Waals surface area contributed by atoms with E-state index in [0.29, 0.717) is 12.1 Å². The largest absolute Gasteiger partial charge is 0.494 e. The third kappa shape index (κ3) is 3.26. The third-order valence-corrected chi connectivity index (χ3v) is 2.77. The average Bonchev–Trinajstić information content (AvgIpc) is 2.69.